The van der Waals surface area contributed by atoms with Crippen molar-refractivity contribution < 1.29 is 10.6 Å². The summed E-state index contributed by atoms with van der Waals surface area (Å²) in [4.78, 5) is 4.50. The maximum atomic E-state index is 9.34. The number of allylic oxidation sites excluding steroid dienone is 2. The van der Waals surface area contributed by atoms with E-state index in [9.17, 15) is 5.11 Å². The minimum Gasteiger partial charge on any atom is -0.508 e. The molecule has 0 fully saturated rings. The van der Waals surface area contributed by atoms with Crippen molar-refractivity contribution in [2.75, 3.05) is 11.1 Å². The largest absolute Gasteiger partial charge is 0.508 e. The zero-order chi connectivity index (χ0) is 17.1. The van der Waals surface area contributed by atoms with E-state index in [2.05, 4.69) is 10.3 Å². The Morgan fingerprint density at radius 3 is 2.20 bits per heavy atom. The molecule has 3 rings (SSSR count). The number of hydrogen-bond donors (Lipinski definition) is 5. The molecule has 2 aromatic rings. The Labute approximate surface area is 144 Å². The zero-order valence-corrected chi connectivity index (χ0v) is 13.3. The first-order valence-electron chi connectivity index (χ1n) is 7.30. The molecule has 2 aromatic carbocycles. The van der Waals surface area contributed by atoms with Gasteiger partial charge < -0.3 is 27.4 Å². The molecular weight excluding hydrogens is 318 g/mol. The van der Waals surface area contributed by atoms with E-state index < -0.39 is 0 Å². The van der Waals surface area contributed by atoms with Gasteiger partial charge in [0.1, 0.15) is 5.75 Å². The Bertz CT molecular complexity index is 865. The Morgan fingerprint density at radius 2 is 1.56 bits per heavy atom. The van der Waals surface area contributed by atoms with Gasteiger partial charge in [0, 0.05) is 11.4 Å². The molecule has 128 valence electrons. The summed E-state index contributed by atoms with van der Waals surface area (Å²) in [6.07, 6.45) is 3.28. The number of aliphatic imine (C=N–C) groups is 1. The minimum absolute atomic E-state index is 0. The number of hydrogen-bond acceptors (Lipinski definition) is 6. The van der Waals surface area contributed by atoms with Crippen LogP contribution in [0.5, 0.6) is 5.75 Å². The topological polar surface area (TPSA) is 152 Å². The molecule has 0 amide bonds. The molecule has 0 saturated heterocycles. The Hall–Kier alpha value is -3.58. The maximum absolute atomic E-state index is 9.34. The molecule has 0 spiro atoms. The normalized spacial score (nSPS) is 15.2. The van der Waals surface area contributed by atoms with Gasteiger partial charge in [-0.1, -0.05) is 0 Å². The van der Waals surface area contributed by atoms with Gasteiger partial charge in [-0.15, -0.1) is 0 Å². The van der Waals surface area contributed by atoms with Crippen LogP contribution in [0.1, 0.15) is 0 Å². The highest BCUT2D eigenvalue weighted by Gasteiger charge is 2.14. The average molecular weight is 337 g/mol. The van der Waals surface area contributed by atoms with Gasteiger partial charge in [-0.2, -0.15) is 0 Å². The molecule has 0 radical (unpaired) electrons. The number of phenolic OH excluding ortho intramolecular Hbond substituents is 1. The maximum Gasteiger partial charge on any atom is 0.115 e. The fraction of sp³-hybridized carbons (Fsp3) is 0. The van der Waals surface area contributed by atoms with Gasteiger partial charge >= 0.3 is 0 Å². The van der Waals surface area contributed by atoms with Crippen molar-refractivity contribution in [2.24, 2.45) is 10.7 Å². The van der Waals surface area contributed by atoms with Crippen molar-refractivity contribution in [3.8, 4) is 5.75 Å². The number of nitrogens with two attached hydrogens (primary N) is 2. The second kappa shape index (κ2) is 7.33. The van der Waals surface area contributed by atoms with E-state index in [0.29, 0.717) is 22.8 Å². The van der Waals surface area contributed by atoms with E-state index in [1.165, 1.54) is 0 Å². The van der Waals surface area contributed by atoms with Crippen molar-refractivity contribution in [2.45, 2.75) is 0 Å². The highest BCUT2D eigenvalue weighted by atomic mass is 16.3. The molecule has 0 bridgehead atoms. The van der Waals surface area contributed by atoms with Crippen molar-refractivity contribution in [3.63, 3.8) is 0 Å². The van der Waals surface area contributed by atoms with Crippen LogP contribution in [0.25, 0.3) is 0 Å². The molecule has 7 nitrogen and oxygen atoms in total. The van der Waals surface area contributed by atoms with Crippen molar-refractivity contribution in [1.29, 1.82) is 5.41 Å². The van der Waals surface area contributed by atoms with Crippen LogP contribution >= 0.6 is 0 Å². The van der Waals surface area contributed by atoms with Gasteiger partial charge in [0.15, 0.2) is 0 Å². The molecule has 0 heterocycles. The van der Waals surface area contributed by atoms with Crippen molar-refractivity contribution in [1.82, 2.24) is 0 Å². The number of nitrogens with zero attached hydrogens (tertiary/aromatic N) is 1. The van der Waals surface area contributed by atoms with Crippen LogP contribution in [0.15, 0.2) is 77.1 Å². The number of rotatable bonds is 3. The summed E-state index contributed by atoms with van der Waals surface area (Å²) in [6, 6.07) is 13.7. The summed E-state index contributed by atoms with van der Waals surface area (Å²) >= 11 is 0. The summed E-state index contributed by atoms with van der Waals surface area (Å²) in [5, 5.41) is 20.5. The second-order valence-electron chi connectivity index (χ2n) is 5.33. The van der Waals surface area contributed by atoms with Crippen LogP contribution in [0, 0.1) is 5.41 Å². The number of nitrogen functional groups attached to an aromatic ring is 1. The molecule has 9 N–H and O–H groups in total. The first kappa shape index (κ1) is 17.8. The van der Waals surface area contributed by atoms with E-state index in [1.807, 2.05) is 0 Å². The lowest BCUT2D eigenvalue weighted by atomic mass is 10.0. The Morgan fingerprint density at radius 1 is 0.920 bits per heavy atom. The summed E-state index contributed by atoms with van der Waals surface area (Å²) in [7, 11) is 0. The van der Waals surface area contributed by atoms with Crippen LogP contribution < -0.4 is 16.8 Å². The highest BCUT2D eigenvalue weighted by molar-refractivity contribution is 6.23. The highest BCUT2D eigenvalue weighted by Crippen LogP contribution is 2.20. The van der Waals surface area contributed by atoms with Crippen LogP contribution in [0.4, 0.5) is 17.1 Å². The number of aromatic hydroxyl groups is 1. The average Bonchev–Trinajstić information content (AvgIpc) is 2.56. The molecular formula is C18H19N5O2. The quantitative estimate of drug-likeness (QED) is 0.331. The van der Waals surface area contributed by atoms with Gasteiger partial charge in [-0.05, 0) is 60.7 Å². The van der Waals surface area contributed by atoms with Crippen molar-refractivity contribution in [3.05, 3.63) is 72.1 Å². The van der Waals surface area contributed by atoms with E-state index in [-0.39, 0.29) is 16.9 Å². The van der Waals surface area contributed by atoms with Gasteiger partial charge in [0.2, 0.25) is 0 Å². The summed E-state index contributed by atoms with van der Waals surface area (Å²) in [6.45, 7) is 0. The summed E-state index contributed by atoms with van der Waals surface area (Å²) in [5.41, 5.74) is 15.6. The molecule has 25 heavy (non-hydrogen) atoms. The second-order valence-corrected chi connectivity index (χ2v) is 5.33. The summed E-state index contributed by atoms with van der Waals surface area (Å²) in [5.74, 6) is 0.183. The Balaban J connectivity index is 0.00000225. The lowest BCUT2D eigenvalue weighted by Gasteiger charge is -2.16. The van der Waals surface area contributed by atoms with E-state index >= 15 is 0 Å². The third kappa shape index (κ3) is 4.24. The van der Waals surface area contributed by atoms with E-state index in [4.69, 9.17) is 16.9 Å². The first-order chi connectivity index (χ1) is 11.5. The monoisotopic (exact) mass is 337 g/mol. The zero-order valence-electron chi connectivity index (χ0n) is 13.3. The van der Waals surface area contributed by atoms with Gasteiger partial charge in [-0.25, -0.2) is 4.99 Å². The minimum atomic E-state index is 0. The third-order valence-electron chi connectivity index (χ3n) is 3.46. The lowest BCUT2D eigenvalue weighted by molar-refractivity contribution is 0.475. The van der Waals surface area contributed by atoms with Crippen molar-refractivity contribution >= 4 is 28.5 Å². The van der Waals surface area contributed by atoms with Gasteiger partial charge in [0.05, 0.1) is 28.5 Å². The molecule has 1 aliphatic rings. The number of phenols is 1. The fourth-order valence-corrected chi connectivity index (χ4v) is 2.19. The number of anilines is 2. The number of nitrogens with one attached hydrogen (secondary N) is 2. The first-order valence-corrected chi connectivity index (χ1v) is 7.30. The van der Waals surface area contributed by atoms with Crippen LogP contribution in [-0.4, -0.2) is 22.0 Å². The molecule has 0 atom stereocenters. The number of benzene rings is 2. The SMILES string of the molecule is N=C1C=C(N)C(=Nc2ccc(N)cc2)C=C1Nc1ccc(O)cc1.O. The summed E-state index contributed by atoms with van der Waals surface area (Å²) < 4.78 is 0. The fourth-order valence-electron chi connectivity index (χ4n) is 2.19. The van der Waals surface area contributed by atoms with E-state index in [0.717, 1.165) is 11.4 Å². The standard InChI is InChI=1S/C18H17N5O.H2O/c19-11-1-3-12(4-2-11)22-17-10-18(16(21)9-15(17)20)23-13-5-7-14(24)8-6-13;/h1-10,21,23-24H,19-20H2;1H2. The third-order valence-corrected chi connectivity index (χ3v) is 3.46. The smallest absolute Gasteiger partial charge is 0.115 e. The lowest BCUT2D eigenvalue weighted by Crippen LogP contribution is -2.21. The van der Waals surface area contributed by atoms with Crippen LogP contribution in [0.3, 0.4) is 0 Å². The predicted molar refractivity (Wildman–Crippen MR) is 101 cm³/mol. The predicted octanol–water partition coefficient (Wildman–Crippen LogP) is 2.09. The van der Waals surface area contributed by atoms with Gasteiger partial charge in [-0.3, -0.25) is 5.41 Å². The Kier molecular flexibility index (Phi) is 5.21. The molecule has 0 aliphatic heterocycles. The van der Waals surface area contributed by atoms with Crippen LogP contribution in [0.2, 0.25) is 0 Å². The van der Waals surface area contributed by atoms with Crippen LogP contribution in [-0.2, 0) is 0 Å². The van der Waals surface area contributed by atoms with Gasteiger partial charge in [0.25, 0.3) is 0 Å². The molecule has 7 heteroatoms. The molecule has 1 aliphatic carbocycles. The molecule has 0 aromatic heterocycles. The van der Waals surface area contributed by atoms with E-state index in [1.54, 1.807) is 60.7 Å². The molecule has 0 saturated carbocycles. The molecule has 0 unspecified atom stereocenters.